The molecule has 0 aromatic heterocycles. The zero-order valence-corrected chi connectivity index (χ0v) is 5.75. The van der Waals surface area contributed by atoms with Gasteiger partial charge in [0.1, 0.15) is 0 Å². The first-order valence-electron chi connectivity index (χ1n) is 2.99. The average molecular weight is 120 g/mol. The second kappa shape index (κ2) is 6.96. The minimum absolute atomic E-state index is 1.75. The molecule has 0 aromatic carbocycles. The van der Waals surface area contributed by atoms with Crippen molar-refractivity contribution >= 4 is 0 Å². The van der Waals surface area contributed by atoms with Crippen LogP contribution in [0.4, 0.5) is 0 Å². The molecule has 0 amide bonds. The van der Waals surface area contributed by atoms with Gasteiger partial charge in [0.25, 0.3) is 0 Å². The third-order valence-electron chi connectivity index (χ3n) is 0.773. The molecule has 0 heteroatoms. The highest BCUT2D eigenvalue weighted by Gasteiger charge is 1.57. The van der Waals surface area contributed by atoms with E-state index >= 15 is 0 Å². The topological polar surface area (TPSA) is 0 Å². The van der Waals surface area contributed by atoms with Gasteiger partial charge in [0.15, 0.2) is 0 Å². The van der Waals surface area contributed by atoms with E-state index < -0.39 is 0 Å². The van der Waals surface area contributed by atoms with Crippen LogP contribution >= 0.6 is 0 Å². The fourth-order valence-electron chi connectivity index (χ4n) is 0.382. The van der Waals surface area contributed by atoms with Crippen LogP contribution in [0.1, 0.15) is 6.92 Å². The molecular formula is C9H12. The van der Waals surface area contributed by atoms with E-state index in [1.165, 1.54) is 0 Å². The summed E-state index contributed by atoms with van der Waals surface area (Å²) >= 11 is 0. The Bertz CT molecular complexity index is 136. The zero-order valence-electron chi connectivity index (χ0n) is 5.75. The van der Waals surface area contributed by atoms with Crippen molar-refractivity contribution < 1.29 is 0 Å². The lowest BCUT2D eigenvalue weighted by atomic mass is 10.4. The van der Waals surface area contributed by atoms with Crippen LogP contribution in [-0.2, 0) is 0 Å². The van der Waals surface area contributed by atoms with Crippen molar-refractivity contribution in [2.45, 2.75) is 6.92 Å². The molecule has 0 rings (SSSR count). The minimum atomic E-state index is 1.75. The van der Waals surface area contributed by atoms with Gasteiger partial charge in [-0.25, -0.2) is 0 Å². The van der Waals surface area contributed by atoms with Crippen LogP contribution in [0.15, 0.2) is 49.1 Å². The van der Waals surface area contributed by atoms with Gasteiger partial charge in [-0.2, -0.15) is 0 Å². The molecule has 0 aromatic rings. The van der Waals surface area contributed by atoms with E-state index in [9.17, 15) is 0 Å². The fourth-order valence-corrected chi connectivity index (χ4v) is 0.382. The molecule has 0 saturated carbocycles. The van der Waals surface area contributed by atoms with Crippen molar-refractivity contribution in [3.8, 4) is 0 Å². The summed E-state index contributed by atoms with van der Waals surface area (Å²) < 4.78 is 0. The Labute approximate surface area is 56.9 Å². The maximum atomic E-state index is 3.54. The summed E-state index contributed by atoms with van der Waals surface area (Å²) in [6.45, 7) is 5.53. The third kappa shape index (κ3) is 6.96. The second-order valence-electron chi connectivity index (χ2n) is 1.53. The van der Waals surface area contributed by atoms with Gasteiger partial charge in [-0.3, -0.25) is 0 Å². The van der Waals surface area contributed by atoms with Crippen molar-refractivity contribution in [1.82, 2.24) is 0 Å². The largest absolute Gasteiger partial charge is 0.0991 e. The first-order valence-corrected chi connectivity index (χ1v) is 2.99. The molecule has 0 bridgehead atoms. The smallest absolute Gasteiger partial charge is 0.0467 e. The number of rotatable bonds is 3. The van der Waals surface area contributed by atoms with Crippen molar-refractivity contribution in [3.63, 3.8) is 0 Å². The van der Waals surface area contributed by atoms with Crippen LogP contribution in [-0.4, -0.2) is 0 Å². The Morgan fingerprint density at radius 2 is 1.44 bits per heavy atom. The van der Waals surface area contributed by atoms with Crippen LogP contribution in [0.25, 0.3) is 0 Å². The maximum Gasteiger partial charge on any atom is -0.0467 e. The van der Waals surface area contributed by atoms with E-state index in [0.717, 1.165) is 0 Å². The molecule has 0 fully saturated rings. The molecule has 0 atom stereocenters. The van der Waals surface area contributed by atoms with Crippen molar-refractivity contribution in [3.05, 3.63) is 49.1 Å². The quantitative estimate of drug-likeness (QED) is 0.502. The van der Waals surface area contributed by atoms with E-state index in [-0.39, 0.29) is 0 Å². The van der Waals surface area contributed by atoms with Gasteiger partial charge in [0, 0.05) is 0 Å². The lowest BCUT2D eigenvalue weighted by Gasteiger charge is -1.69. The van der Waals surface area contributed by atoms with E-state index in [0.29, 0.717) is 0 Å². The zero-order chi connectivity index (χ0) is 6.95. The first kappa shape index (κ1) is 7.96. The number of allylic oxidation sites excluding steroid dienone is 7. The Kier molecular flexibility index (Phi) is 6.16. The number of hydrogen-bond donors (Lipinski definition) is 0. The van der Waals surface area contributed by atoms with Crippen molar-refractivity contribution in [1.29, 1.82) is 0 Å². The standard InChI is InChI=1S/C9H12/c1-3-5-7-9-8-6-4-2/h3-9H,1H2,2H3/b6-4-,7-5?,9-8?. The molecule has 0 N–H and O–H groups in total. The van der Waals surface area contributed by atoms with Crippen molar-refractivity contribution in [2.75, 3.05) is 0 Å². The number of hydrogen-bond acceptors (Lipinski definition) is 0. The second-order valence-corrected chi connectivity index (χ2v) is 1.53. The van der Waals surface area contributed by atoms with Crippen LogP contribution in [0, 0.1) is 0 Å². The molecular weight excluding hydrogens is 108 g/mol. The molecule has 0 saturated heterocycles. The molecule has 0 unspecified atom stereocenters. The minimum Gasteiger partial charge on any atom is -0.0991 e. The Balaban J connectivity index is 3.46. The molecule has 0 aliphatic heterocycles. The van der Waals surface area contributed by atoms with Gasteiger partial charge in [0.2, 0.25) is 0 Å². The van der Waals surface area contributed by atoms with Gasteiger partial charge in [0.05, 0.1) is 0 Å². The summed E-state index contributed by atoms with van der Waals surface area (Å²) in [4.78, 5) is 0. The molecule has 0 aliphatic rings. The lowest BCUT2D eigenvalue weighted by Crippen LogP contribution is -1.47. The van der Waals surface area contributed by atoms with Gasteiger partial charge in [-0.1, -0.05) is 49.1 Å². The van der Waals surface area contributed by atoms with Crippen LogP contribution in [0.3, 0.4) is 0 Å². The molecule has 0 heterocycles. The Hall–Kier alpha value is -1.04. The SMILES string of the molecule is C=CC=CC=C/C=C\C. The van der Waals surface area contributed by atoms with E-state index in [4.69, 9.17) is 0 Å². The molecule has 0 nitrogen and oxygen atoms in total. The molecule has 0 radical (unpaired) electrons. The Morgan fingerprint density at radius 1 is 0.889 bits per heavy atom. The lowest BCUT2D eigenvalue weighted by molar-refractivity contribution is 1.73. The molecule has 9 heavy (non-hydrogen) atoms. The van der Waals surface area contributed by atoms with Crippen molar-refractivity contribution in [2.24, 2.45) is 0 Å². The predicted octanol–water partition coefficient (Wildman–Crippen LogP) is 2.86. The highest BCUT2D eigenvalue weighted by molar-refractivity contribution is 5.13. The Morgan fingerprint density at radius 3 is 2.00 bits per heavy atom. The van der Waals surface area contributed by atoms with Gasteiger partial charge in [-0.05, 0) is 6.92 Å². The normalized spacial score (nSPS) is 12.1. The van der Waals surface area contributed by atoms with Crippen LogP contribution in [0.2, 0.25) is 0 Å². The average Bonchev–Trinajstić information content (AvgIpc) is 1.89. The molecule has 0 aliphatic carbocycles. The summed E-state index contributed by atoms with van der Waals surface area (Å²) in [5.41, 5.74) is 0. The van der Waals surface area contributed by atoms with Gasteiger partial charge < -0.3 is 0 Å². The summed E-state index contributed by atoms with van der Waals surface area (Å²) in [6, 6.07) is 0. The van der Waals surface area contributed by atoms with E-state index in [1.54, 1.807) is 6.08 Å². The first-order chi connectivity index (χ1) is 4.41. The molecule has 0 spiro atoms. The predicted molar refractivity (Wildman–Crippen MR) is 43.3 cm³/mol. The monoisotopic (exact) mass is 120 g/mol. The fraction of sp³-hybridized carbons (Fsp3) is 0.111. The highest BCUT2D eigenvalue weighted by Crippen LogP contribution is 1.79. The summed E-state index contributed by atoms with van der Waals surface area (Å²) in [7, 11) is 0. The van der Waals surface area contributed by atoms with E-state index in [2.05, 4.69) is 6.58 Å². The van der Waals surface area contributed by atoms with E-state index in [1.807, 2.05) is 43.4 Å². The van der Waals surface area contributed by atoms with Gasteiger partial charge in [-0.15, -0.1) is 0 Å². The molecule has 48 valence electrons. The summed E-state index contributed by atoms with van der Waals surface area (Å²) in [6.07, 6.45) is 13.5. The summed E-state index contributed by atoms with van der Waals surface area (Å²) in [5.74, 6) is 0. The van der Waals surface area contributed by atoms with Crippen LogP contribution < -0.4 is 0 Å². The summed E-state index contributed by atoms with van der Waals surface area (Å²) in [5, 5.41) is 0. The van der Waals surface area contributed by atoms with Gasteiger partial charge >= 0.3 is 0 Å². The highest BCUT2D eigenvalue weighted by atomic mass is 13.6. The van der Waals surface area contributed by atoms with Crippen LogP contribution in [0.5, 0.6) is 0 Å². The third-order valence-corrected chi connectivity index (χ3v) is 0.773. The maximum absolute atomic E-state index is 3.54.